The second-order valence-corrected chi connectivity index (χ2v) is 11.0. The molecule has 0 aromatic carbocycles. The Morgan fingerprint density at radius 2 is 1.62 bits per heavy atom. The first-order chi connectivity index (χ1) is 17.7. The number of aliphatic hydroxyl groups is 2. The first-order valence-corrected chi connectivity index (χ1v) is 15.1. The van der Waals surface area contributed by atoms with E-state index in [4.69, 9.17) is 14.2 Å². The number of aliphatic hydroxyl groups excluding tert-OH is 2. The molecule has 0 saturated heterocycles. The molecule has 0 radical (unpaired) electrons. The van der Waals surface area contributed by atoms with Gasteiger partial charge in [0.2, 0.25) is 0 Å². The summed E-state index contributed by atoms with van der Waals surface area (Å²) in [5.41, 5.74) is -0.182. The van der Waals surface area contributed by atoms with Crippen molar-refractivity contribution in [3.05, 3.63) is 0 Å². The van der Waals surface area contributed by atoms with Gasteiger partial charge in [-0.2, -0.15) is 0 Å². The van der Waals surface area contributed by atoms with Crippen molar-refractivity contribution in [3.8, 4) is 0 Å². The molecular formula is C28H58N2O6S. The number of esters is 1. The summed E-state index contributed by atoms with van der Waals surface area (Å²) in [6.07, 6.45) is 6.76. The van der Waals surface area contributed by atoms with E-state index in [0.29, 0.717) is 38.2 Å². The fourth-order valence-electron chi connectivity index (χ4n) is 3.97. The summed E-state index contributed by atoms with van der Waals surface area (Å²) >= 11 is 4.59. The lowest BCUT2D eigenvalue weighted by molar-refractivity contribution is -0.217. The van der Waals surface area contributed by atoms with Crippen LogP contribution < -0.4 is 10.6 Å². The average molecular weight is 551 g/mol. The fraction of sp³-hybridized carbons (Fsp3) is 0.964. The number of ether oxygens (including phenoxy) is 3. The highest BCUT2D eigenvalue weighted by Gasteiger charge is 2.29. The molecule has 0 spiro atoms. The molecule has 5 atom stereocenters. The van der Waals surface area contributed by atoms with Gasteiger partial charge >= 0.3 is 5.97 Å². The zero-order chi connectivity index (χ0) is 27.9. The van der Waals surface area contributed by atoms with Crippen LogP contribution in [0.1, 0.15) is 98.3 Å². The Balaban J connectivity index is 4.92. The molecular weight excluding hydrogens is 492 g/mol. The third-order valence-electron chi connectivity index (χ3n) is 6.37. The standard InChI is InChI=1S/C28H58N2O6S/c1-6-30-19-11-14-23(4)27(32)36-25(16-12-20-31)28(33)35-24(15-9-10-18-29-5)21-34-26(37)17-8-7-13-22(2)3/h22-26,28-31,33,37H,6-21H2,1-5H3. The van der Waals surface area contributed by atoms with E-state index in [2.05, 4.69) is 37.1 Å². The lowest BCUT2D eigenvalue weighted by atomic mass is 10.1. The smallest absolute Gasteiger partial charge is 0.309 e. The van der Waals surface area contributed by atoms with Crippen molar-refractivity contribution in [2.24, 2.45) is 11.8 Å². The van der Waals surface area contributed by atoms with E-state index in [1.807, 2.05) is 20.9 Å². The third-order valence-corrected chi connectivity index (χ3v) is 6.77. The van der Waals surface area contributed by atoms with Crippen LogP contribution in [-0.4, -0.2) is 80.0 Å². The van der Waals surface area contributed by atoms with Crippen molar-refractivity contribution in [3.63, 3.8) is 0 Å². The number of carbonyl (C=O) groups is 1. The second-order valence-electron chi connectivity index (χ2n) is 10.5. The molecule has 0 bridgehead atoms. The van der Waals surface area contributed by atoms with E-state index >= 15 is 0 Å². The van der Waals surface area contributed by atoms with Crippen LogP contribution in [0.2, 0.25) is 0 Å². The molecule has 0 aliphatic heterocycles. The summed E-state index contributed by atoms with van der Waals surface area (Å²) in [6.45, 7) is 11.3. The minimum atomic E-state index is -1.29. The fourth-order valence-corrected chi connectivity index (χ4v) is 4.24. The van der Waals surface area contributed by atoms with Gasteiger partial charge in [-0.15, -0.1) is 12.6 Å². The molecule has 0 saturated carbocycles. The van der Waals surface area contributed by atoms with E-state index in [1.54, 1.807) is 0 Å². The molecule has 37 heavy (non-hydrogen) atoms. The molecule has 5 unspecified atom stereocenters. The predicted molar refractivity (Wildman–Crippen MR) is 154 cm³/mol. The van der Waals surface area contributed by atoms with Crippen molar-refractivity contribution >= 4 is 18.6 Å². The molecule has 0 fully saturated rings. The molecule has 0 aromatic rings. The Bertz CT molecular complexity index is 529. The maximum absolute atomic E-state index is 12.7. The van der Waals surface area contributed by atoms with Gasteiger partial charge in [-0.25, -0.2) is 0 Å². The summed E-state index contributed by atoms with van der Waals surface area (Å²) in [7, 11) is 1.92. The minimum Gasteiger partial charge on any atom is -0.457 e. The van der Waals surface area contributed by atoms with Crippen molar-refractivity contribution in [1.29, 1.82) is 0 Å². The molecule has 0 heterocycles. The largest absolute Gasteiger partial charge is 0.457 e. The van der Waals surface area contributed by atoms with Gasteiger partial charge in [0.15, 0.2) is 12.4 Å². The van der Waals surface area contributed by atoms with Gasteiger partial charge in [0.25, 0.3) is 0 Å². The van der Waals surface area contributed by atoms with E-state index < -0.39 is 12.4 Å². The van der Waals surface area contributed by atoms with Gasteiger partial charge in [-0.3, -0.25) is 4.79 Å². The molecule has 8 nitrogen and oxygen atoms in total. The average Bonchev–Trinajstić information content (AvgIpc) is 2.87. The topological polar surface area (TPSA) is 109 Å². The maximum Gasteiger partial charge on any atom is 0.309 e. The van der Waals surface area contributed by atoms with Gasteiger partial charge in [-0.1, -0.05) is 40.5 Å². The Hall–Kier alpha value is -0.420. The number of rotatable bonds is 26. The van der Waals surface area contributed by atoms with Gasteiger partial charge in [0.05, 0.1) is 18.6 Å². The first-order valence-electron chi connectivity index (χ1n) is 14.5. The molecule has 0 rings (SSSR count). The number of hydrogen-bond donors (Lipinski definition) is 5. The molecule has 9 heteroatoms. The van der Waals surface area contributed by atoms with E-state index in [-0.39, 0.29) is 30.0 Å². The van der Waals surface area contributed by atoms with Gasteiger partial charge < -0.3 is 35.1 Å². The van der Waals surface area contributed by atoms with Crippen molar-refractivity contribution in [1.82, 2.24) is 10.6 Å². The number of unbranched alkanes of at least 4 members (excludes halogenated alkanes) is 2. The summed E-state index contributed by atoms with van der Waals surface area (Å²) in [4.78, 5) is 12.7. The maximum atomic E-state index is 12.7. The number of hydrogen-bond acceptors (Lipinski definition) is 9. The van der Waals surface area contributed by atoms with Gasteiger partial charge in [0.1, 0.15) is 5.44 Å². The van der Waals surface area contributed by atoms with Crippen LogP contribution >= 0.6 is 12.6 Å². The van der Waals surface area contributed by atoms with Gasteiger partial charge in [-0.05, 0) is 90.4 Å². The highest BCUT2D eigenvalue weighted by Crippen LogP contribution is 2.19. The van der Waals surface area contributed by atoms with Gasteiger partial charge in [0, 0.05) is 6.61 Å². The SMILES string of the molecule is CCNCCCC(C)C(=O)OC(CCCO)C(O)OC(CCCCNC)COC(S)CCCCC(C)C. The van der Waals surface area contributed by atoms with Crippen molar-refractivity contribution in [2.75, 3.05) is 39.9 Å². The Labute approximate surface area is 232 Å². The highest BCUT2D eigenvalue weighted by molar-refractivity contribution is 7.80. The van der Waals surface area contributed by atoms with E-state index in [9.17, 15) is 15.0 Å². The monoisotopic (exact) mass is 550 g/mol. The lowest BCUT2D eigenvalue weighted by Gasteiger charge is -2.29. The van der Waals surface area contributed by atoms with Crippen LogP contribution in [0.5, 0.6) is 0 Å². The number of nitrogens with one attached hydrogen (secondary N) is 2. The van der Waals surface area contributed by atoms with Crippen LogP contribution in [-0.2, 0) is 19.0 Å². The molecule has 222 valence electrons. The summed E-state index contributed by atoms with van der Waals surface area (Å²) in [5.74, 6) is 0.0784. The molecule has 4 N–H and O–H groups in total. The zero-order valence-corrected chi connectivity index (χ0v) is 25.1. The normalized spacial score (nSPS) is 15.9. The Morgan fingerprint density at radius 3 is 2.27 bits per heavy atom. The number of thiol groups is 1. The molecule has 0 aromatic heterocycles. The van der Waals surface area contributed by atoms with E-state index in [0.717, 1.165) is 58.2 Å². The zero-order valence-electron chi connectivity index (χ0n) is 24.3. The summed E-state index contributed by atoms with van der Waals surface area (Å²) < 4.78 is 17.6. The minimum absolute atomic E-state index is 0.0479. The van der Waals surface area contributed by atoms with Crippen LogP contribution in [0.25, 0.3) is 0 Å². The Morgan fingerprint density at radius 1 is 0.919 bits per heavy atom. The van der Waals surface area contributed by atoms with Crippen molar-refractivity contribution < 1.29 is 29.2 Å². The summed E-state index contributed by atoms with van der Waals surface area (Å²) in [6, 6.07) is 0. The quantitative estimate of drug-likeness (QED) is 0.0470. The Kier molecular flexibility index (Phi) is 24.3. The van der Waals surface area contributed by atoms with Crippen LogP contribution in [0.4, 0.5) is 0 Å². The van der Waals surface area contributed by atoms with E-state index in [1.165, 1.54) is 6.42 Å². The molecule has 0 amide bonds. The van der Waals surface area contributed by atoms with Crippen molar-refractivity contribution in [2.45, 2.75) is 122 Å². The van der Waals surface area contributed by atoms with Crippen LogP contribution in [0.15, 0.2) is 0 Å². The molecule has 0 aliphatic carbocycles. The molecule has 0 aliphatic rings. The highest BCUT2D eigenvalue weighted by atomic mass is 32.1. The van der Waals surface area contributed by atoms with Crippen LogP contribution in [0.3, 0.4) is 0 Å². The van der Waals surface area contributed by atoms with Crippen LogP contribution in [0, 0.1) is 11.8 Å². The lowest BCUT2D eigenvalue weighted by Crippen LogP contribution is -2.39. The summed E-state index contributed by atoms with van der Waals surface area (Å²) in [5, 5.41) is 26.6. The second kappa shape index (κ2) is 24.6. The first kappa shape index (κ1) is 36.6. The predicted octanol–water partition coefficient (Wildman–Crippen LogP) is 4.28. The third kappa shape index (κ3) is 21.1. The number of carbonyl (C=O) groups excluding carboxylic acids is 1.